The molecule has 1 heterocycles. The van der Waals surface area contributed by atoms with Crippen LogP contribution in [0.5, 0.6) is 5.75 Å². The Hall–Kier alpha value is -2.57. The third kappa shape index (κ3) is 4.98. The fraction of sp³-hybridized carbons (Fsp3) is 0.375. The second-order valence-electron chi connectivity index (χ2n) is 5.71. The van der Waals surface area contributed by atoms with Gasteiger partial charge in [0.2, 0.25) is 0 Å². The Kier molecular flexibility index (Phi) is 5.56. The zero-order valence-corrected chi connectivity index (χ0v) is 13.2. The smallest absolute Gasteiger partial charge is 0.315 e. The van der Waals surface area contributed by atoms with Crippen LogP contribution in [-0.4, -0.2) is 20.7 Å². The number of carbonyl (C=O) groups excluding carboxylic acids is 1. The fourth-order valence-corrected chi connectivity index (χ4v) is 2.13. The highest BCUT2D eigenvalue weighted by Crippen LogP contribution is 2.15. The van der Waals surface area contributed by atoms with Crippen molar-refractivity contribution >= 4 is 6.03 Å². The second kappa shape index (κ2) is 7.62. The molecular formula is C16H21FN4O2. The quantitative estimate of drug-likeness (QED) is 0.764. The molecule has 0 aliphatic rings. The fourth-order valence-electron chi connectivity index (χ4n) is 2.13. The van der Waals surface area contributed by atoms with Gasteiger partial charge in [0, 0.05) is 25.5 Å². The van der Waals surface area contributed by atoms with Gasteiger partial charge in [0.25, 0.3) is 0 Å². The van der Waals surface area contributed by atoms with E-state index >= 15 is 0 Å². The molecule has 1 aromatic carbocycles. The predicted molar refractivity (Wildman–Crippen MR) is 84.2 cm³/mol. The number of benzene rings is 1. The number of nitrogens with zero attached hydrogens (tertiary/aromatic N) is 2. The van der Waals surface area contributed by atoms with Gasteiger partial charge in [-0.25, -0.2) is 14.2 Å². The van der Waals surface area contributed by atoms with Crippen molar-refractivity contribution in [1.29, 1.82) is 0 Å². The Morgan fingerprint density at radius 3 is 2.78 bits per heavy atom. The number of nitrogens with one attached hydrogen (secondary N) is 2. The number of phenolic OH excluding ortho intramolecular Hbond substituents is 1. The van der Waals surface area contributed by atoms with Crippen LogP contribution in [0.4, 0.5) is 9.18 Å². The van der Waals surface area contributed by atoms with E-state index in [2.05, 4.69) is 29.5 Å². The standard InChI is InChI=1S/C16H21FN4O2/c1-11(2)10-21-6-5-18-15(21)9-20-16(23)19-8-12-3-4-14(22)13(17)7-12/h3-7,11,22H,8-10H2,1-2H3,(H2,19,20,23). The summed E-state index contributed by atoms with van der Waals surface area (Å²) in [7, 11) is 0. The van der Waals surface area contributed by atoms with Gasteiger partial charge in [-0.15, -0.1) is 0 Å². The molecule has 0 aliphatic carbocycles. The van der Waals surface area contributed by atoms with Gasteiger partial charge in [0.05, 0.1) is 6.54 Å². The van der Waals surface area contributed by atoms with Gasteiger partial charge in [0.1, 0.15) is 5.82 Å². The Bertz CT molecular complexity index is 670. The number of phenols is 1. The summed E-state index contributed by atoms with van der Waals surface area (Å²) in [5, 5.41) is 14.5. The van der Waals surface area contributed by atoms with E-state index in [1.807, 2.05) is 10.8 Å². The molecule has 7 heteroatoms. The molecule has 0 unspecified atom stereocenters. The normalized spacial score (nSPS) is 10.8. The highest BCUT2D eigenvalue weighted by atomic mass is 19.1. The lowest BCUT2D eigenvalue weighted by Gasteiger charge is -2.11. The lowest BCUT2D eigenvalue weighted by Crippen LogP contribution is -2.35. The Balaban J connectivity index is 1.81. The van der Waals surface area contributed by atoms with E-state index in [9.17, 15) is 9.18 Å². The van der Waals surface area contributed by atoms with E-state index in [1.54, 1.807) is 12.3 Å². The van der Waals surface area contributed by atoms with Gasteiger partial charge < -0.3 is 20.3 Å². The molecular weight excluding hydrogens is 299 g/mol. The molecule has 2 amide bonds. The van der Waals surface area contributed by atoms with Crippen molar-refractivity contribution in [3.63, 3.8) is 0 Å². The summed E-state index contributed by atoms with van der Waals surface area (Å²) in [6.07, 6.45) is 3.59. The van der Waals surface area contributed by atoms with Crippen LogP contribution in [-0.2, 0) is 19.6 Å². The third-order valence-corrected chi connectivity index (χ3v) is 3.24. The molecule has 0 bridgehead atoms. The zero-order valence-electron chi connectivity index (χ0n) is 13.2. The van der Waals surface area contributed by atoms with Gasteiger partial charge in [-0.1, -0.05) is 19.9 Å². The maximum Gasteiger partial charge on any atom is 0.315 e. The minimum atomic E-state index is -0.708. The first-order chi connectivity index (χ1) is 11.0. The summed E-state index contributed by atoms with van der Waals surface area (Å²) >= 11 is 0. The van der Waals surface area contributed by atoms with Gasteiger partial charge >= 0.3 is 6.03 Å². The number of rotatable bonds is 6. The third-order valence-electron chi connectivity index (χ3n) is 3.24. The van der Waals surface area contributed by atoms with Crippen molar-refractivity contribution < 1.29 is 14.3 Å². The van der Waals surface area contributed by atoms with Crippen LogP contribution in [0.3, 0.4) is 0 Å². The van der Waals surface area contributed by atoms with Crippen molar-refractivity contribution in [2.45, 2.75) is 33.5 Å². The summed E-state index contributed by atoms with van der Waals surface area (Å²) in [6.45, 7) is 5.55. The first-order valence-corrected chi connectivity index (χ1v) is 7.45. The number of halogens is 1. The van der Waals surface area contributed by atoms with Crippen LogP contribution in [0.15, 0.2) is 30.6 Å². The van der Waals surface area contributed by atoms with E-state index in [0.29, 0.717) is 18.0 Å². The molecule has 2 aromatic rings. The highest BCUT2D eigenvalue weighted by Gasteiger charge is 2.07. The number of hydrogen-bond donors (Lipinski definition) is 3. The first kappa shape index (κ1) is 16.8. The summed E-state index contributed by atoms with van der Waals surface area (Å²) in [5.74, 6) is 0.154. The Morgan fingerprint density at radius 2 is 2.09 bits per heavy atom. The zero-order chi connectivity index (χ0) is 16.8. The maximum absolute atomic E-state index is 13.2. The molecule has 3 N–H and O–H groups in total. The van der Waals surface area contributed by atoms with Crippen LogP contribution < -0.4 is 10.6 Å². The summed E-state index contributed by atoms with van der Waals surface area (Å²) < 4.78 is 15.2. The molecule has 0 saturated heterocycles. The molecule has 0 fully saturated rings. The molecule has 124 valence electrons. The van der Waals surface area contributed by atoms with Crippen molar-refractivity contribution in [2.24, 2.45) is 5.92 Å². The Morgan fingerprint density at radius 1 is 1.35 bits per heavy atom. The Labute approximate surface area is 134 Å². The van der Waals surface area contributed by atoms with E-state index in [4.69, 9.17) is 5.11 Å². The first-order valence-electron chi connectivity index (χ1n) is 7.45. The lowest BCUT2D eigenvalue weighted by molar-refractivity contribution is 0.239. The second-order valence-corrected chi connectivity index (χ2v) is 5.71. The molecule has 23 heavy (non-hydrogen) atoms. The molecule has 0 saturated carbocycles. The average Bonchev–Trinajstić information content (AvgIpc) is 2.92. The molecule has 6 nitrogen and oxygen atoms in total. The number of amides is 2. The van der Waals surface area contributed by atoms with Crippen LogP contribution in [0.25, 0.3) is 0 Å². The maximum atomic E-state index is 13.2. The number of aromatic nitrogens is 2. The SMILES string of the molecule is CC(C)Cn1ccnc1CNC(=O)NCc1ccc(O)c(F)c1. The van der Waals surface area contributed by atoms with Crippen LogP contribution in [0.2, 0.25) is 0 Å². The number of urea groups is 1. The van der Waals surface area contributed by atoms with Gasteiger partial charge in [0.15, 0.2) is 11.6 Å². The van der Waals surface area contributed by atoms with Crippen LogP contribution in [0, 0.1) is 11.7 Å². The topological polar surface area (TPSA) is 79.2 Å². The van der Waals surface area contributed by atoms with Crippen LogP contribution >= 0.6 is 0 Å². The van der Waals surface area contributed by atoms with Gasteiger partial charge in [-0.3, -0.25) is 0 Å². The van der Waals surface area contributed by atoms with E-state index < -0.39 is 11.6 Å². The summed E-state index contributed by atoms with van der Waals surface area (Å²) in [6, 6.07) is 3.63. The van der Waals surface area contributed by atoms with E-state index in [-0.39, 0.29) is 12.6 Å². The molecule has 2 rings (SSSR count). The highest BCUT2D eigenvalue weighted by molar-refractivity contribution is 5.73. The average molecular weight is 320 g/mol. The minimum Gasteiger partial charge on any atom is -0.505 e. The largest absolute Gasteiger partial charge is 0.505 e. The van der Waals surface area contributed by atoms with Gasteiger partial charge in [-0.2, -0.15) is 0 Å². The summed E-state index contributed by atoms with van der Waals surface area (Å²) in [4.78, 5) is 16.0. The van der Waals surface area contributed by atoms with E-state index in [0.717, 1.165) is 12.4 Å². The summed E-state index contributed by atoms with van der Waals surface area (Å²) in [5.41, 5.74) is 0.566. The van der Waals surface area contributed by atoms with Crippen molar-refractivity contribution in [2.75, 3.05) is 0 Å². The van der Waals surface area contributed by atoms with Crippen molar-refractivity contribution in [3.8, 4) is 5.75 Å². The molecule has 1 aromatic heterocycles. The monoisotopic (exact) mass is 320 g/mol. The predicted octanol–water partition coefficient (Wildman–Crippen LogP) is 2.38. The van der Waals surface area contributed by atoms with Crippen LogP contribution in [0.1, 0.15) is 25.2 Å². The molecule has 0 atom stereocenters. The minimum absolute atomic E-state index is 0.170. The number of hydrogen-bond acceptors (Lipinski definition) is 3. The van der Waals surface area contributed by atoms with E-state index in [1.165, 1.54) is 12.1 Å². The molecule has 0 spiro atoms. The molecule has 0 radical (unpaired) electrons. The number of imidazole rings is 1. The number of carbonyl (C=O) groups is 1. The number of aromatic hydroxyl groups is 1. The van der Waals surface area contributed by atoms with Crippen molar-refractivity contribution in [1.82, 2.24) is 20.2 Å². The lowest BCUT2D eigenvalue weighted by atomic mass is 10.2. The van der Waals surface area contributed by atoms with Gasteiger partial charge in [-0.05, 0) is 23.6 Å². The molecule has 0 aliphatic heterocycles. The van der Waals surface area contributed by atoms with Crippen molar-refractivity contribution in [3.05, 3.63) is 47.8 Å².